The lowest BCUT2D eigenvalue weighted by Gasteiger charge is -2.00. The van der Waals surface area contributed by atoms with E-state index < -0.39 is 0 Å². The molecule has 1 aliphatic rings. The van der Waals surface area contributed by atoms with Crippen LogP contribution in [0.2, 0.25) is 0 Å². The number of thioether (sulfide) groups is 1. The predicted octanol–water partition coefficient (Wildman–Crippen LogP) is 2.88. The molecule has 64 valence electrons. The van der Waals surface area contributed by atoms with Crippen LogP contribution in [0.25, 0.3) is 10.9 Å². The summed E-state index contributed by atoms with van der Waals surface area (Å²) in [5.74, 6) is 1.19. The molecule has 0 atom stereocenters. The summed E-state index contributed by atoms with van der Waals surface area (Å²) in [6.45, 7) is 0. The predicted molar refractivity (Wildman–Crippen MR) is 56.2 cm³/mol. The fraction of sp³-hybridized carbons (Fsp3) is 0.182. The van der Waals surface area contributed by atoms with E-state index in [0.29, 0.717) is 0 Å². The van der Waals surface area contributed by atoms with E-state index in [9.17, 15) is 0 Å². The van der Waals surface area contributed by atoms with Gasteiger partial charge in [-0.2, -0.15) is 0 Å². The molecular formula is C11H9NS. The molecule has 0 saturated carbocycles. The summed E-state index contributed by atoms with van der Waals surface area (Å²) in [4.78, 5) is 6.01. The van der Waals surface area contributed by atoms with Crippen LogP contribution in [0.4, 0.5) is 0 Å². The molecule has 1 aliphatic heterocycles. The summed E-state index contributed by atoms with van der Waals surface area (Å²) < 4.78 is 0. The Balaban J connectivity index is 2.36. The zero-order chi connectivity index (χ0) is 8.67. The molecule has 13 heavy (non-hydrogen) atoms. The second-order valence-electron chi connectivity index (χ2n) is 3.22. The topological polar surface area (TPSA) is 12.9 Å². The molecule has 0 radical (unpaired) electrons. The molecule has 3 rings (SSSR count). The van der Waals surface area contributed by atoms with Crippen LogP contribution in [0.1, 0.15) is 5.69 Å². The maximum absolute atomic E-state index is 4.63. The molecule has 2 heteroatoms. The molecule has 0 amide bonds. The normalized spacial score (nSPS) is 14.8. The second-order valence-corrected chi connectivity index (χ2v) is 4.36. The smallest absolute Gasteiger partial charge is 0.0706 e. The summed E-state index contributed by atoms with van der Waals surface area (Å²) in [5, 5.41) is 1.26. The van der Waals surface area contributed by atoms with Crippen molar-refractivity contribution < 1.29 is 0 Å². The van der Waals surface area contributed by atoms with E-state index in [1.165, 1.54) is 21.7 Å². The number of rotatable bonds is 0. The van der Waals surface area contributed by atoms with Gasteiger partial charge < -0.3 is 0 Å². The Morgan fingerprint density at radius 1 is 1.23 bits per heavy atom. The highest BCUT2D eigenvalue weighted by Gasteiger charge is 2.13. The van der Waals surface area contributed by atoms with Crippen molar-refractivity contribution in [3.05, 3.63) is 36.0 Å². The summed E-state index contributed by atoms with van der Waals surface area (Å²) in [6.07, 6.45) is 1.13. The van der Waals surface area contributed by atoms with Gasteiger partial charge in [-0.25, -0.2) is 0 Å². The van der Waals surface area contributed by atoms with Gasteiger partial charge in [0.25, 0.3) is 0 Å². The average molecular weight is 187 g/mol. The Bertz CT molecular complexity index is 422. The van der Waals surface area contributed by atoms with Crippen LogP contribution in [0.5, 0.6) is 0 Å². The average Bonchev–Trinajstić information content (AvgIpc) is 2.61. The highest BCUT2D eigenvalue weighted by molar-refractivity contribution is 7.99. The van der Waals surface area contributed by atoms with E-state index in [1.54, 1.807) is 0 Å². The Morgan fingerprint density at radius 2 is 2.15 bits per heavy atom. The van der Waals surface area contributed by atoms with Crippen molar-refractivity contribution in [2.24, 2.45) is 0 Å². The SMILES string of the molecule is c1ccc2nc3c(cc2c1)SCC3. The van der Waals surface area contributed by atoms with E-state index in [0.717, 1.165) is 11.9 Å². The maximum atomic E-state index is 4.63. The van der Waals surface area contributed by atoms with Crippen molar-refractivity contribution in [1.29, 1.82) is 0 Å². The molecule has 0 N–H and O–H groups in total. The lowest BCUT2D eigenvalue weighted by molar-refractivity contribution is 1.05. The van der Waals surface area contributed by atoms with E-state index in [4.69, 9.17) is 0 Å². The number of hydrogen-bond acceptors (Lipinski definition) is 2. The van der Waals surface area contributed by atoms with Crippen molar-refractivity contribution in [2.45, 2.75) is 11.3 Å². The van der Waals surface area contributed by atoms with Crippen molar-refractivity contribution >= 4 is 22.7 Å². The van der Waals surface area contributed by atoms with Crippen LogP contribution in [-0.2, 0) is 6.42 Å². The number of fused-ring (bicyclic) bond motifs is 2. The van der Waals surface area contributed by atoms with Crippen LogP contribution in [0.15, 0.2) is 35.2 Å². The first-order valence-electron chi connectivity index (χ1n) is 4.45. The molecule has 0 unspecified atom stereocenters. The zero-order valence-electron chi connectivity index (χ0n) is 7.16. The minimum absolute atomic E-state index is 1.13. The molecular weight excluding hydrogens is 178 g/mol. The lowest BCUT2D eigenvalue weighted by atomic mass is 10.2. The van der Waals surface area contributed by atoms with E-state index >= 15 is 0 Å². The van der Waals surface area contributed by atoms with Gasteiger partial charge >= 0.3 is 0 Å². The number of para-hydroxylation sites is 1. The Labute approximate surface area is 81.2 Å². The van der Waals surface area contributed by atoms with Gasteiger partial charge in [-0.1, -0.05) is 18.2 Å². The molecule has 0 saturated heterocycles. The minimum atomic E-state index is 1.13. The third-order valence-electron chi connectivity index (χ3n) is 2.36. The number of nitrogens with zero attached hydrogens (tertiary/aromatic N) is 1. The molecule has 2 aromatic rings. The fourth-order valence-corrected chi connectivity index (χ4v) is 2.74. The van der Waals surface area contributed by atoms with Crippen LogP contribution in [0.3, 0.4) is 0 Å². The molecule has 1 nitrogen and oxygen atoms in total. The first-order chi connectivity index (χ1) is 6.43. The van der Waals surface area contributed by atoms with Crippen molar-refractivity contribution in [2.75, 3.05) is 5.75 Å². The van der Waals surface area contributed by atoms with E-state index in [-0.39, 0.29) is 0 Å². The van der Waals surface area contributed by atoms with Gasteiger partial charge in [-0.05, 0) is 12.1 Å². The third kappa shape index (κ3) is 1.13. The Hall–Kier alpha value is -1.02. The molecule has 1 aromatic carbocycles. The first-order valence-corrected chi connectivity index (χ1v) is 5.43. The quantitative estimate of drug-likeness (QED) is 0.629. The molecule has 0 bridgehead atoms. The molecule has 0 fully saturated rings. The molecule has 0 aliphatic carbocycles. The van der Waals surface area contributed by atoms with Crippen molar-refractivity contribution in [3.8, 4) is 0 Å². The molecule has 2 heterocycles. The minimum Gasteiger partial charge on any atom is -0.252 e. The highest BCUT2D eigenvalue weighted by Crippen LogP contribution is 2.32. The molecule has 0 spiro atoms. The van der Waals surface area contributed by atoms with Gasteiger partial charge in [-0.15, -0.1) is 11.8 Å². The summed E-state index contributed by atoms with van der Waals surface area (Å²) in [6, 6.07) is 10.6. The maximum Gasteiger partial charge on any atom is 0.0706 e. The van der Waals surface area contributed by atoms with Gasteiger partial charge in [-0.3, -0.25) is 4.98 Å². The van der Waals surface area contributed by atoms with Crippen molar-refractivity contribution in [1.82, 2.24) is 4.98 Å². The number of hydrogen-bond donors (Lipinski definition) is 0. The summed E-state index contributed by atoms with van der Waals surface area (Å²) in [7, 11) is 0. The van der Waals surface area contributed by atoms with Gasteiger partial charge in [0.2, 0.25) is 0 Å². The number of benzene rings is 1. The Kier molecular flexibility index (Phi) is 1.56. The van der Waals surface area contributed by atoms with Gasteiger partial charge in [0, 0.05) is 22.5 Å². The largest absolute Gasteiger partial charge is 0.252 e. The lowest BCUT2D eigenvalue weighted by Crippen LogP contribution is -1.87. The molecule has 1 aromatic heterocycles. The Morgan fingerprint density at radius 3 is 3.15 bits per heavy atom. The van der Waals surface area contributed by atoms with Crippen LogP contribution < -0.4 is 0 Å². The summed E-state index contributed by atoms with van der Waals surface area (Å²) in [5.41, 5.74) is 2.41. The monoisotopic (exact) mass is 187 g/mol. The second kappa shape index (κ2) is 2.74. The van der Waals surface area contributed by atoms with Crippen molar-refractivity contribution in [3.63, 3.8) is 0 Å². The third-order valence-corrected chi connectivity index (χ3v) is 3.43. The van der Waals surface area contributed by atoms with E-state index in [2.05, 4.69) is 29.2 Å². The fourth-order valence-electron chi connectivity index (χ4n) is 1.70. The standard InChI is InChI=1S/C11H9NS/c1-2-4-9-8(3-1)7-11-10(12-9)5-6-13-11/h1-4,7H,5-6H2. The van der Waals surface area contributed by atoms with Gasteiger partial charge in [0.1, 0.15) is 0 Å². The summed E-state index contributed by atoms with van der Waals surface area (Å²) >= 11 is 1.92. The van der Waals surface area contributed by atoms with Gasteiger partial charge in [0.05, 0.1) is 11.2 Å². The van der Waals surface area contributed by atoms with Crippen LogP contribution >= 0.6 is 11.8 Å². The number of aryl methyl sites for hydroxylation is 1. The van der Waals surface area contributed by atoms with Gasteiger partial charge in [0.15, 0.2) is 0 Å². The van der Waals surface area contributed by atoms with Crippen LogP contribution in [-0.4, -0.2) is 10.7 Å². The van der Waals surface area contributed by atoms with E-state index in [1.807, 2.05) is 17.8 Å². The number of pyridine rings is 1. The zero-order valence-corrected chi connectivity index (χ0v) is 7.97. The van der Waals surface area contributed by atoms with Crippen LogP contribution in [0, 0.1) is 0 Å². The first kappa shape index (κ1) is 7.39. The highest BCUT2D eigenvalue weighted by atomic mass is 32.2. The number of aromatic nitrogens is 1.